The van der Waals surface area contributed by atoms with Crippen molar-refractivity contribution in [2.45, 2.75) is 18.4 Å². The molecular formula is C10H12BrClO2. The van der Waals surface area contributed by atoms with Crippen LogP contribution in [0.15, 0.2) is 22.7 Å². The third-order valence-electron chi connectivity index (χ3n) is 1.95. The second-order valence-electron chi connectivity index (χ2n) is 3.01. The van der Waals surface area contributed by atoms with Gasteiger partial charge in [-0.1, -0.05) is 15.9 Å². The zero-order valence-corrected chi connectivity index (χ0v) is 10.3. The SMILES string of the molecule is COc1ccc(Br)cc1C(O)C(C)Cl. The summed E-state index contributed by atoms with van der Waals surface area (Å²) >= 11 is 9.16. The molecule has 0 spiro atoms. The Hall–Kier alpha value is -0.250. The van der Waals surface area contributed by atoms with Crippen molar-refractivity contribution in [3.63, 3.8) is 0 Å². The minimum Gasteiger partial charge on any atom is -0.496 e. The van der Waals surface area contributed by atoms with Crippen LogP contribution in [0.4, 0.5) is 0 Å². The molecule has 1 aromatic carbocycles. The Morgan fingerprint density at radius 1 is 1.50 bits per heavy atom. The van der Waals surface area contributed by atoms with Crippen LogP contribution in [0.1, 0.15) is 18.6 Å². The van der Waals surface area contributed by atoms with E-state index in [1.165, 1.54) is 0 Å². The molecular weight excluding hydrogens is 267 g/mol. The third-order valence-corrected chi connectivity index (χ3v) is 2.68. The summed E-state index contributed by atoms with van der Waals surface area (Å²) in [5.41, 5.74) is 0.698. The van der Waals surface area contributed by atoms with Gasteiger partial charge < -0.3 is 9.84 Å². The fourth-order valence-electron chi connectivity index (χ4n) is 1.18. The normalized spacial score (nSPS) is 14.9. The van der Waals surface area contributed by atoms with Gasteiger partial charge in [0.05, 0.1) is 18.6 Å². The first-order chi connectivity index (χ1) is 6.56. The van der Waals surface area contributed by atoms with Crippen LogP contribution in [0.2, 0.25) is 0 Å². The number of ether oxygens (including phenoxy) is 1. The fraction of sp³-hybridized carbons (Fsp3) is 0.400. The molecule has 0 bridgehead atoms. The zero-order chi connectivity index (χ0) is 10.7. The van der Waals surface area contributed by atoms with Crippen molar-refractivity contribution in [1.29, 1.82) is 0 Å². The van der Waals surface area contributed by atoms with Gasteiger partial charge in [0.25, 0.3) is 0 Å². The molecule has 78 valence electrons. The number of halogens is 2. The summed E-state index contributed by atoms with van der Waals surface area (Å²) in [5.74, 6) is 0.646. The lowest BCUT2D eigenvalue weighted by atomic mass is 10.1. The van der Waals surface area contributed by atoms with Gasteiger partial charge >= 0.3 is 0 Å². The van der Waals surface area contributed by atoms with Crippen molar-refractivity contribution in [3.8, 4) is 5.75 Å². The van der Waals surface area contributed by atoms with E-state index >= 15 is 0 Å². The van der Waals surface area contributed by atoms with Crippen LogP contribution in [0.25, 0.3) is 0 Å². The minimum absolute atomic E-state index is 0.349. The number of aliphatic hydroxyl groups is 1. The molecule has 0 heterocycles. The van der Waals surface area contributed by atoms with Crippen molar-refractivity contribution in [3.05, 3.63) is 28.2 Å². The Balaban J connectivity index is 3.10. The summed E-state index contributed by atoms with van der Waals surface area (Å²) in [6.07, 6.45) is -0.718. The number of aliphatic hydroxyl groups excluding tert-OH is 1. The van der Waals surface area contributed by atoms with Crippen molar-refractivity contribution in [1.82, 2.24) is 0 Å². The van der Waals surface area contributed by atoms with Gasteiger partial charge in [0.1, 0.15) is 5.75 Å². The van der Waals surface area contributed by atoms with E-state index in [9.17, 15) is 5.11 Å². The van der Waals surface area contributed by atoms with Crippen molar-refractivity contribution < 1.29 is 9.84 Å². The maximum Gasteiger partial charge on any atom is 0.124 e. The molecule has 2 nitrogen and oxygen atoms in total. The largest absolute Gasteiger partial charge is 0.496 e. The lowest BCUT2D eigenvalue weighted by Gasteiger charge is -2.16. The van der Waals surface area contributed by atoms with Gasteiger partial charge in [-0.05, 0) is 25.1 Å². The highest BCUT2D eigenvalue weighted by Crippen LogP contribution is 2.31. The number of hydrogen-bond acceptors (Lipinski definition) is 2. The second-order valence-corrected chi connectivity index (χ2v) is 4.61. The van der Waals surface area contributed by atoms with E-state index in [-0.39, 0.29) is 5.38 Å². The predicted molar refractivity (Wildman–Crippen MR) is 61.0 cm³/mol. The van der Waals surface area contributed by atoms with E-state index in [1.807, 2.05) is 12.1 Å². The summed E-state index contributed by atoms with van der Waals surface area (Å²) in [4.78, 5) is 0. The first-order valence-electron chi connectivity index (χ1n) is 4.22. The zero-order valence-electron chi connectivity index (χ0n) is 8.00. The van der Waals surface area contributed by atoms with E-state index < -0.39 is 6.10 Å². The van der Waals surface area contributed by atoms with Gasteiger partial charge in [0, 0.05) is 10.0 Å². The molecule has 0 aliphatic rings. The maximum atomic E-state index is 9.80. The van der Waals surface area contributed by atoms with Gasteiger partial charge in [0.15, 0.2) is 0 Å². The highest BCUT2D eigenvalue weighted by Gasteiger charge is 2.18. The van der Waals surface area contributed by atoms with Crippen LogP contribution in [0.5, 0.6) is 5.75 Å². The number of alkyl halides is 1. The van der Waals surface area contributed by atoms with Crippen LogP contribution in [-0.4, -0.2) is 17.6 Å². The first-order valence-corrected chi connectivity index (χ1v) is 5.44. The molecule has 0 radical (unpaired) electrons. The van der Waals surface area contributed by atoms with Crippen LogP contribution in [0.3, 0.4) is 0 Å². The summed E-state index contributed by atoms with van der Waals surface area (Å²) in [7, 11) is 1.57. The average molecular weight is 280 g/mol. The second kappa shape index (κ2) is 5.01. The Bertz CT molecular complexity index is 315. The Kier molecular flexibility index (Phi) is 4.23. The summed E-state index contributed by atoms with van der Waals surface area (Å²) in [6.45, 7) is 1.74. The topological polar surface area (TPSA) is 29.5 Å². The Morgan fingerprint density at radius 3 is 2.64 bits per heavy atom. The summed E-state index contributed by atoms with van der Waals surface area (Å²) in [5, 5.41) is 9.45. The molecule has 0 saturated heterocycles. The highest BCUT2D eigenvalue weighted by molar-refractivity contribution is 9.10. The molecule has 1 N–H and O–H groups in total. The van der Waals surface area contributed by atoms with Gasteiger partial charge in [-0.25, -0.2) is 0 Å². The van der Waals surface area contributed by atoms with Gasteiger partial charge in [-0.3, -0.25) is 0 Å². The van der Waals surface area contributed by atoms with Crippen LogP contribution >= 0.6 is 27.5 Å². The number of methoxy groups -OCH3 is 1. The van der Waals surface area contributed by atoms with Crippen LogP contribution in [-0.2, 0) is 0 Å². The molecule has 2 unspecified atom stereocenters. The smallest absolute Gasteiger partial charge is 0.124 e. The lowest BCUT2D eigenvalue weighted by molar-refractivity contribution is 0.173. The van der Waals surface area contributed by atoms with Crippen molar-refractivity contribution >= 4 is 27.5 Å². The summed E-state index contributed by atoms with van der Waals surface area (Å²) < 4.78 is 6.03. The number of rotatable bonds is 3. The molecule has 1 aromatic rings. The minimum atomic E-state index is -0.718. The molecule has 2 atom stereocenters. The fourth-order valence-corrected chi connectivity index (χ4v) is 1.70. The van der Waals surface area contributed by atoms with Crippen molar-refractivity contribution in [2.75, 3.05) is 7.11 Å². The van der Waals surface area contributed by atoms with Gasteiger partial charge in [-0.2, -0.15) is 0 Å². The van der Waals surface area contributed by atoms with E-state index in [1.54, 1.807) is 20.1 Å². The van der Waals surface area contributed by atoms with Gasteiger partial charge in [0.2, 0.25) is 0 Å². The van der Waals surface area contributed by atoms with E-state index in [0.29, 0.717) is 11.3 Å². The third kappa shape index (κ3) is 2.62. The maximum absolute atomic E-state index is 9.80. The Labute approximate surface area is 97.0 Å². The quantitative estimate of drug-likeness (QED) is 0.862. The molecule has 0 aliphatic heterocycles. The molecule has 0 fully saturated rings. The molecule has 14 heavy (non-hydrogen) atoms. The number of hydrogen-bond donors (Lipinski definition) is 1. The van der Waals surface area contributed by atoms with Crippen molar-refractivity contribution in [2.24, 2.45) is 0 Å². The predicted octanol–water partition coefficient (Wildman–Crippen LogP) is 3.12. The molecule has 0 aromatic heterocycles. The van der Waals surface area contributed by atoms with Crippen LogP contribution < -0.4 is 4.74 Å². The first kappa shape index (κ1) is 11.8. The standard InChI is InChI=1S/C10H12BrClO2/c1-6(12)10(13)8-5-7(11)3-4-9(8)14-2/h3-6,10,13H,1-2H3. The molecule has 0 aliphatic carbocycles. The van der Waals surface area contributed by atoms with Gasteiger partial charge in [-0.15, -0.1) is 11.6 Å². The van der Waals surface area contributed by atoms with E-state index in [0.717, 1.165) is 4.47 Å². The number of benzene rings is 1. The van der Waals surface area contributed by atoms with Crippen LogP contribution in [0, 0.1) is 0 Å². The molecule has 0 amide bonds. The monoisotopic (exact) mass is 278 g/mol. The van der Waals surface area contributed by atoms with E-state index in [4.69, 9.17) is 16.3 Å². The average Bonchev–Trinajstić information content (AvgIpc) is 2.16. The molecule has 1 rings (SSSR count). The lowest BCUT2D eigenvalue weighted by Crippen LogP contribution is -2.09. The van der Waals surface area contributed by atoms with E-state index in [2.05, 4.69) is 15.9 Å². The molecule has 0 saturated carbocycles. The Morgan fingerprint density at radius 2 is 2.14 bits per heavy atom. The molecule has 4 heteroatoms. The summed E-state index contributed by atoms with van der Waals surface area (Å²) in [6, 6.07) is 5.46. The highest BCUT2D eigenvalue weighted by atomic mass is 79.9.